The van der Waals surface area contributed by atoms with Crippen LogP contribution in [0.2, 0.25) is 0 Å². The molecule has 0 bridgehead atoms. The standard InChI is InChI=1S/C16H18FN3O2/c1-10(16(22-2)4-3-5-16)20-15(21)11-8-13-14(9-12(11)17)19-7-6-18-13/h6-10H,3-5H2,1-2H3,(H,20,21). The first kappa shape index (κ1) is 14.8. The third-order valence-corrected chi connectivity index (χ3v) is 4.55. The summed E-state index contributed by atoms with van der Waals surface area (Å²) in [5, 5.41) is 2.84. The van der Waals surface area contributed by atoms with Crippen LogP contribution in [0, 0.1) is 5.82 Å². The number of nitrogens with zero attached hydrogens (tertiary/aromatic N) is 2. The second-order valence-electron chi connectivity index (χ2n) is 5.69. The van der Waals surface area contributed by atoms with Crippen LogP contribution in [0.15, 0.2) is 24.5 Å². The van der Waals surface area contributed by atoms with E-state index in [1.54, 1.807) is 7.11 Å². The molecule has 5 nitrogen and oxygen atoms in total. The van der Waals surface area contributed by atoms with Gasteiger partial charge < -0.3 is 10.1 Å². The Labute approximate surface area is 127 Å². The molecule has 116 valence electrons. The fourth-order valence-corrected chi connectivity index (χ4v) is 2.90. The number of carbonyl (C=O) groups is 1. The molecule has 0 saturated heterocycles. The lowest BCUT2D eigenvalue weighted by Gasteiger charge is -2.45. The lowest BCUT2D eigenvalue weighted by atomic mass is 9.75. The number of hydrogen-bond acceptors (Lipinski definition) is 4. The monoisotopic (exact) mass is 303 g/mol. The average molecular weight is 303 g/mol. The molecule has 1 amide bonds. The normalized spacial score (nSPS) is 17.8. The Balaban J connectivity index is 1.84. The molecule has 1 aromatic heterocycles. The zero-order valence-electron chi connectivity index (χ0n) is 12.6. The van der Waals surface area contributed by atoms with Gasteiger partial charge in [0.25, 0.3) is 5.91 Å². The van der Waals surface area contributed by atoms with E-state index < -0.39 is 11.7 Å². The fraction of sp³-hybridized carbons (Fsp3) is 0.438. The van der Waals surface area contributed by atoms with Crippen LogP contribution in [0.4, 0.5) is 4.39 Å². The van der Waals surface area contributed by atoms with Crippen LogP contribution in [0.5, 0.6) is 0 Å². The van der Waals surface area contributed by atoms with Gasteiger partial charge in [-0.05, 0) is 32.3 Å². The third kappa shape index (κ3) is 2.43. The van der Waals surface area contributed by atoms with Crippen LogP contribution in [0.3, 0.4) is 0 Å². The first-order valence-corrected chi connectivity index (χ1v) is 7.32. The molecule has 1 fully saturated rings. The summed E-state index contributed by atoms with van der Waals surface area (Å²) in [5.41, 5.74) is 0.567. The van der Waals surface area contributed by atoms with Crippen molar-refractivity contribution in [3.05, 3.63) is 35.9 Å². The maximum atomic E-state index is 14.1. The molecular weight excluding hydrogens is 285 g/mol. The van der Waals surface area contributed by atoms with Crippen molar-refractivity contribution >= 4 is 16.9 Å². The molecule has 2 aromatic rings. The van der Waals surface area contributed by atoms with Crippen molar-refractivity contribution < 1.29 is 13.9 Å². The minimum atomic E-state index is -0.599. The molecule has 0 radical (unpaired) electrons. The Bertz CT molecular complexity index is 710. The predicted octanol–water partition coefficient (Wildman–Crippen LogP) is 2.46. The Morgan fingerprint density at radius 3 is 2.50 bits per heavy atom. The van der Waals surface area contributed by atoms with Crippen molar-refractivity contribution in [3.63, 3.8) is 0 Å². The number of hydrogen-bond donors (Lipinski definition) is 1. The highest BCUT2D eigenvalue weighted by molar-refractivity contribution is 5.97. The summed E-state index contributed by atoms with van der Waals surface area (Å²) < 4.78 is 19.7. The van der Waals surface area contributed by atoms with E-state index in [9.17, 15) is 9.18 Å². The molecule has 0 aliphatic heterocycles. The van der Waals surface area contributed by atoms with Gasteiger partial charge in [-0.3, -0.25) is 14.8 Å². The van der Waals surface area contributed by atoms with Crippen molar-refractivity contribution in [3.8, 4) is 0 Å². The Morgan fingerprint density at radius 2 is 1.95 bits per heavy atom. The van der Waals surface area contributed by atoms with E-state index in [2.05, 4.69) is 15.3 Å². The molecular formula is C16H18FN3O2. The van der Waals surface area contributed by atoms with Crippen molar-refractivity contribution in [1.29, 1.82) is 0 Å². The molecule has 22 heavy (non-hydrogen) atoms. The van der Waals surface area contributed by atoms with Crippen LogP contribution < -0.4 is 5.32 Å². The van der Waals surface area contributed by atoms with Crippen molar-refractivity contribution in [2.24, 2.45) is 0 Å². The summed E-state index contributed by atoms with van der Waals surface area (Å²) in [4.78, 5) is 20.5. The van der Waals surface area contributed by atoms with Crippen LogP contribution in [-0.4, -0.2) is 34.6 Å². The first-order valence-electron chi connectivity index (χ1n) is 7.32. The summed E-state index contributed by atoms with van der Waals surface area (Å²) in [5.74, 6) is -1.06. The maximum Gasteiger partial charge on any atom is 0.254 e. The molecule has 1 saturated carbocycles. The molecule has 0 spiro atoms. The molecule has 1 aromatic carbocycles. The Morgan fingerprint density at radius 1 is 1.32 bits per heavy atom. The Kier molecular flexibility index (Phi) is 3.78. The van der Waals surface area contributed by atoms with Gasteiger partial charge in [-0.25, -0.2) is 4.39 Å². The highest BCUT2D eigenvalue weighted by Gasteiger charge is 2.43. The minimum absolute atomic E-state index is 0.0228. The number of nitrogens with one attached hydrogen (secondary N) is 1. The highest BCUT2D eigenvalue weighted by atomic mass is 19.1. The maximum absolute atomic E-state index is 14.1. The van der Waals surface area contributed by atoms with Crippen molar-refractivity contribution in [2.75, 3.05) is 7.11 Å². The number of benzene rings is 1. The molecule has 1 aliphatic rings. The summed E-state index contributed by atoms with van der Waals surface area (Å²) >= 11 is 0. The molecule has 1 unspecified atom stereocenters. The summed E-state index contributed by atoms with van der Waals surface area (Å²) in [6.07, 6.45) is 5.88. The van der Waals surface area contributed by atoms with E-state index in [4.69, 9.17) is 4.74 Å². The molecule has 3 rings (SSSR count). The van der Waals surface area contributed by atoms with E-state index in [-0.39, 0.29) is 17.2 Å². The second-order valence-corrected chi connectivity index (χ2v) is 5.69. The third-order valence-electron chi connectivity index (χ3n) is 4.55. The number of aromatic nitrogens is 2. The SMILES string of the molecule is COC1(C(C)NC(=O)c2cc3nccnc3cc2F)CCC1. The van der Waals surface area contributed by atoms with Crippen LogP contribution in [-0.2, 0) is 4.74 Å². The van der Waals surface area contributed by atoms with Gasteiger partial charge in [0.15, 0.2) is 0 Å². The number of halogens is 1. The lowest BCUT2D eigenvalue weighted by Crippen LogP contribution is -2.56. The quantitative estimate of drug-likeness (QED) is 0.942. The van der Waals surface area contributed by atoms with Gasteiger partial charge >= 0.3 is 0 Å². The zero-order valence-corrected chi connectivity index (χ0v) is 12.6. The van der Waals surface area contributed by atoms with Gasteiger partial charge in [-0.15, -0.1) is 0 Å². The van der Waals surface area contributed by atoms with E-state index in [1.165, 1.54) is 24.5 Å². The second kappa shape index (κ2) is 5.61. The molecule has 1 heterocycles. The van der Waals surface area contributed by atoms with E-state index in [0.29, 0.717) is 11.0 Å². The van der Waals surface area contributed by atoms with Crippen molar-refractivity contribution in [2.45, 2.75) is 37.8 Å². The molecule has 1 N–H and O–H groups in total. The van der Waals surface area contributed by atoms with E-state index in [0.717, 1.165) is 19.3 Å². The van der Waals surface area contributed by atoms with Gasteiger partial charge in [0.1, 0.15) is 5.82 Å². The zero-order chi connectivity index (χ0) is 15.7. The smallest absolute Gasteiger partial charge is 0.254 e. The lowest BCUT2D eigenvalue weighted by molar-refractivity contribution is -0.0919. The highest BCUT2D eigenvalue weighted by Crippen LogP contribution is 2.38. The Hall–Kier alpha value is -2.08. The number of carbonyl (C=O) groups excluding carboxylic acids is 1. The summed E-state index contributed by atoms with van der Waals surface area (Å²) in [7, 11) is 1.65. The topological polar surface area (TPSA) is 64.1 Å². The van der Waals surface area contributed by atoms with Gasteiger partial charge in [-0.2, -0.15) is 0 Å². The number of methoxy groups -OCH3 is 1. The number of rotatable bonds is 4. The van der Waals surface area contributed by atoms with Crippen molar-refractivity contribution in [1.82, 2.24) is 15.3 Å². The fourth-order valence-electron chi connectivity index (χ4n) is 2.90. The molecule has 6 heteroatoms. The van der Waals surface area contributed by atoms with Gasteiger partial charge in [0.2, 0.25) is 0 Å². The van der Waals surface area contributed by atoms with Gasteiger partial charge in [0, 0.05) is 25.6 Å². The van der Waals surface area contributed by atoms with Gasteiger partial charge in [0.05, 0.1) is 28.2 Å². The number of amides is 1. The van der Waals surface area contributed by atoms with Crippen LogP contribution >= 0.6 is 0 Å². The summed E-state index contributed by atoms with van der Waals surface area (Å²) in [6, 6.07) is 2.48. The largest absolute Gasteiger partial charge is 0.376 e. The molecule has 1 aliphatic carbocycles. The number of ether oxygens (including phenoxy) is 1. The van der Waals surface area contributed by atoms with Crippen LogP contribution in [0.25, 0.3) is 11.0 Å². The summed E-state index contributed by atoms with van der Waals surface area (Å²) in [6.45, 7) is 1.89. The predicted molar refractivity (Wildman–Crippen MR) is 80.0 cm³/mol. The first-order chi connectivity index (χ1) is 10.6. The number of fused-ring (bicyclic) bond motifs is 1. The van der Waals surface area contributed by atoms with Crippen LogP contribution in [0.1, 0.15) is 36.5 Å². The van der Waals surface area contributed by atoms with E-state index >= 15 is 0 Å². The minimum Gasteiger partial charge on any atom is -0.376 e. The van der Waals surface area contributed by atoms with E-state index in [1.807, 2.05) is 6.92 Å². The average Bonchev–Trinajstić information content (AvgIpc) is 2.45. The van der Waals surface area contributed by atoms with Gasteiger partial charge in [-0.1, -0.05) is 0 Å². The molecule has 1 atom stereocenters.